The van der Waals surface area contributed by atoms with Gasteiger partial charge in [-0.1, -0.05) is 18.2 Å². The van der Waals surface area contributed by atoms with Gasteiger partial charge in [-0.25, -0.2) is 9.48 Å². The first kappa shape index (κ1) is 19.0. The maximum Gasteiger partial charge on any atom is 0.359 e. The molecule has 0 atom stereocenters. The number of esters is 1. The molecule has 0 bridgehead atoms. The van der Waals surface area contributed by atoms with Gasteiger partial charge in [0.15, 0.2) is 5.69 Å². The number of rotatable bonds is 6. The lowest BCUT2D eigenvalue weighted by atomic mass is 10.2. The van der Waals surface area contributed by atoms with Crippen LogP contribution in [0.1, 0.15) is 27.8 Å². The first-order chi connectivity index (χ1) is 13.5. The fourth-order valence-corrected chi connectivity index (χ4v) is 2.63. The Kier molecular flexibility index (Phi) is 5.59. The number of nitrogens with two attached hydrogens (primary N) is 1. The Hall–Kier alpha value is -3.81. The normalized spacial score (nSPS) is 10.4. The van der Waals surface area contributed by atoms with Crippen LogP contribution in [0, 0.1) is 0 Å². The summed E-state index contributed by atoms with van der Waals surface area (Å²) in [5.41, 5.74) is 7.14. The van der Waals surface area contributed by atoms with Crippen LogP contribution in [0.3, 0.4) is 0 Å². The summed E-state index contributed by atoms with van der Waals surface area (Å²) < 4.78 is 11.5. The first-order valence-corrected chi connectivity index (χ1v) is 8.61. The molecular weight excluding hydrogens is 360 g/mol. The number of methoxy groups -OCH3 is 1. The largest absolute Gasteiger partial charge is 0.497 e. The molecule has 0 aliphatic heterocycles. The molecule has 0 unspecified atom stereocenters. The van der Waals surface area contributed by atoms with Crippen LogP contribution in [0.2, 0.25) is 0 Å². The van der Waals surface area contributed by atoms with Crippen LogP contribution in [0.15, 0.2) is 54.6 Å². The highest BCUT2D eigenvalue weighted by molar-refractivity contribution is 6.13. The zero-order valence-corrected chi connectivity index (χ0v) is 15.5. The molecule has 1 aromatic heterocycles. The molecule has 144 valence electrons. The molecule has 0 fully saturated rings. The van der Waals surface area contributed by atoms with Crippen molar-refractivity contribution in [1.29, 1.82) is 0 Å². The molecule has 0 radical (unpaired) electrons. The van der Waals surface area contributed by atoms with Gasteiger partial charge in [-0.15, -0.1) is 0 Å². The van der Waals surface area contributed by atoms with Gasteiger partial charge in [-0.2, -0.15) is 5.10 Å². The summed E-state index contributed by atoms with van der Waals surface area (Å²) in [6.45, 7) is 1.82. The van der Waals surface area contributed by atoms with Crippen LogP contribution in [-0.2, 0) is 4.74 Å². The SMILES string of the molecule is CCOC(=O)c1nn(-c2ccc(OC)cc2)c(N)c1C(=O)Nc1ccccc1. The topological polar surface area (TPSA) is 108 Å². The third-order valence-corrected chi connectivity index (χ3v) is 3.97. The summed E-state index contributed by atoms with van der Waals surface area (Å²) in [6.07, 6.45) is 0. The molecule has 8 nitrogen and oxygen atoms in total. The van der Waals surface area contributed by atoms with Gasteiger partial charge in [-0.05, 0) is 43.3 Å². The van der Waals surface area contributed by atoms with Gasteiger partial charge in [0, 0.05) is 5.69 Å². The Labute approximate surface area is 161 Å². The number of carbonyl (C=O) groups excluding carboxylic acids is 2. The average Bonchev–Trinajstić information content (AvgIpc) is 3.06. The van der Waals surface area contributed by atoms with E-state index in [1.807, 2.05) is 6.07 Å². The van der Waals surface area contributed by atoms with Crippen LogP contribution < -0.4 is 15.8 Å². The highest BCUT2D eigenvalue weighted by atomic mass is 16.5. The van der Waals surface area contributed by atoms with Gasteiger partial charge >= 0.3 is 5.97 Å². The van der Waals surface area contributed by atoms with Crippen molar-refractivity contribution in [3.8, 4) is 11.4 Å². The Morgan fingerprint density at radius 1 is 1.11 bits per heavy atom. The summed E-state index contributed by atoms with van der Waals surface area (Å²) >= 11 is 0. The number of nitrogens with one attached hydrogen (secondary N) is 1. The molecule has 8 heteroatoms. The maximum absolute atomic E-state index is 12.8. The number of amides is 1. The molecule has 0 spiro atoms. The maximum atomic E-state index is 12.8. The van der Waals surface area contributed by atoms with E-state index < -0.39 is 11.9 Å². The zero-order valence-electron chi connectivity index (χ0n) is 15.5. The summed E-state index contributed by atoms with van der Waals surface area (Å²) in [5, 5.41) is 6.95. The van der Waals surface area contributed by atoms with Gasteiger partial charge in [0.2, 0.25) is 0 Å². The van der Waals surface area contributed by atoms with E-state index in [2.05, 4.69) is 10.4 Å². The second-order valence-corrected chi connectivity index (χ2v) is 5.76. The van der Waals surface area contributed by atoms with Crippen molar-refractivity contribution in [3.05, 3.63) is 65.9 Å². The standard InChI is InChI=1S/C20H20N4O4/c1-3-28-20(26)17-16(19(25)22-13-7-5-4-6-8-13)18(21)24(23-17)14-9-11-15(27-2)12-10-14/h4-12H,3,21H2,1-2H3,(H,22,25). The predicted octanol–water partition coefficient (Wildman–Crippen LogP) is 2.89. The molecule has 0 aliphatic rings. The number of carbonyl (C=O) groups is 2. The molecule has 0 saturated carbocycles. The van der Waals surface area contributed by atoms with E-state index in [0.29, 0.717) is 17.1 Å². The van der Waals surface area contributed by atoms with Crippen LogP contribution in [0.4, 0.5) is 11.5 Å². The fraction of sp³-hybridized carbons (Fsp3) is 0.150. The summed E-state index contributed by atoms with van der Waals surface area (Å²) in [4.78, 5) is 25.2. The second kappa shape index (κ2) is 8.26. The number of benzene rings is 2. The van der Waals surface area contributed by atoms with Crippen LogP contribution >= 0.6 is 0 Å². The number of nitrogen functional groups attached to an aromatic ring is 1. The van der Waals surface area contributed by atoms with E-state index in [4.69, 9.17) is 15.2 Å². The number of para-hydroxylation sites is 1. The van der Waals surface area contributed by atoms with E-state index in [9.17, 15) is 9.59 Å². The minimum Gasteiger partial charge on any atom is -0.497 e. The highest BCUT2D eigenvalue weighted by Gasteiger charge is 2.28. The fourth-order valence-electron chi connectivity index (χ4n) is 2.63. The van der Waals surface area contributed by atoms with E-state index in [1.165, 1.54) is 4.68 Å². The lowest BCUT2D eigenvalue weighted by Gasteiger charge is -2.07. The molecule has 0 saturated heterocycles. The van der Waals surface area contributed by atoms with Gasteiger partial charge in [0.1, 0.15) is 17.1 Å². The van der Waals surface area contributed by atoms with Crippen LogP contribution in [-0.4, -0.2) is 35.4 Å². The molecule has 3 rings (SSSR count). The smallest absolute Gasteiger partial charge is 0.359 e. The highest BCUT2D eigenvalue weighted by Crippen LogP contribution is 2.24. The van der Waals surface area contributed by atoms with Crippen molar-refractivity contribution in [3.63, 3.8) is 0 Å². The number of nitrogens with zero attached hydrogens (tertiary/aromatic N) is 2. The third kappa shape index (κ3) is 3.80. The molecule has 28 heavy (non-hydrogen) atoms. The van der Waals surface area contributed by atoms with Crippen molar-refractivity contribution < 1.29 is 19.1 Å². The molecule has 3 aromatic rings. The van der Waals surface area contributed by atoms with Gasteiger partial charge in [0.25, 0.3) is 5.91 Å². The lowest BCUT2D eigenvalue weighted by molar-refractivity contribution is 0.0516. The minimum atomic E-state index is -0.723. The third-order valence-electron chi connectivity index (χ3n) is 3.97. The molecule has 3 N–H and O–H groups in total. The zero-order chi connectivity index (χ0) is 20.1. The van der Waals surface area contributed by atoms with E-state index in [-0.39, 0.29) is 23.7 Å². The predicted molar refractivity (Wildman–Crippen MR) is 105 cm³/mol. The van der Waals surface area contributed by atoms with Gasteiger partial charge in [-0.3, -0.25) is 4.79 Å². The Balaban J connectivity index is 2.04. The van der Waals surface area contributed by atoms with Gasteiger partial charge in [0.05, 0.1) is 19.4 Å². The van der Waals surface area contributed by atoms with E-state index >= 15 is 0 Å². The van der Waals surface area contributed by atoms with Crippen molar-refractivity contribution in [2.75, 3.05) is 24.8 Å². The summed E-state index contributed by atoms with van der Waals surface area (Å²) in [7, 11) is 1.56. The van der Waals surface area contributed by atoms with E-state index in [1.54, 1.807) is 62.6 Å². The number of hydrogen-bond acceptors (Lipinski definition) is 6. The lowest BCUT2D eigenvalue weighted by Crippen LogP contribution is -2.18. The number of hydrogen-bond donors (Lipinski definition) is 2. The second-order valence-electron chi connectivity index (χ2n) is 5.76. The van der Waals surface area contributed by atoms with Crippen LogP contribution in [0.5, 0.6) is 5.75 Å². The molecule has 1 heterocycles. The first-order valence-electron chi connectivity index (χ1n) is 8.61. The van der Waals surface area contributed by atoms with Crippen molar-refractivity contribution in [2.24, 2.45) is 0 Å². The molecule has 2 aromatic carbocycles. The monoisotopic (exact) mass is 380 g/mol. The quantitative estimate of drug-likeness (QED) is 0.637. The summed E-state index contributed by atoms with van der Waals surface area (Å²) in [6, 6.07) is 15.7. The number of anilines is 2. The van der Waals surface area contributed by atoms with Crippen LogP contribution in [0.25, 0.3) is 5.69 Å². The molecule has 1 amide bonds. The van der Waals surface area contributed by atoms with Crippen molar-refractivity contribution in [1.82, 2.24) is 9.78 Å². The Morgan fingerprint density at radius 3 is 2.39 bits per heavy atom. The van der Waals surface area contributed by atoms with Crippen molar-refractivity contribution >= 4 is 23.4 Å². The Morgan fingerprint density at radius 2 is 1.79 bits per heavy atom. The van der Waals surface area contributed by atoms with E-state index in [0.717, 1.165) is 0 Å². The molecule has 0 aliphatic carbocycles. The minimum absolute atomic E-state index is 0.0293. The number of aromatic nitrogens is 2. The summed E-state index contributed by atoms with van der Waals surface area (Å²) in [5.74, 6) is -0.588. The average molecular weight is 380 g/mol. The van der Waals surface area contributed by atoms with Gasteiger partial charge < -0.3 is 20.5 Å². The van der Waals surface area contributed by atoms with Crippen molar-refractivity contribution in [2.45, 2.75) is 6.92 Å². The number of ether oxygens (including phenoxy) is 2. The Bertz CT molecular complexity index is 981. The molecular formula is C20H20N4O4.